The number of fused-ring (bicyclic) bond motifs is 1. The summed E-state index contributed by atoms with van der Waals surface area (Å²) in [6.07, 6.45) is 1.75. The van der Waals surface area contributed by atoms with Gasteiger partial charge in [-0.3, -0.25) is 14.4 Å². The summed E-state index contributed by atoms with van der Waals surface area (Å²) in [5.41, 5.74) is 1.16. The number of hydrogen-bond donors (Lipinski definition) is 1. The van der Waals surface area contributed by atoms with Crippen LogP contribution >= 0.6 is 0 Å². The number of ether oxygens (including phenoxy) is 1. The van der Waals surface area contributed by atoms with E-state index >= 15 is 0 Å². The van der Waals surface area contributed by atoms with Crippen LogP contribution in [0.1, 0.15) is 30.1 Å². The highest BCUT2D eigenvalue weighted by molar-refractivity contribution is 5.99. The SMILES string of the molecule is CC(=O)c1cccc(NC(=O)[C@@H]2[C@@H]3C[C@H]4[C@@H]2C(=O)O[C@@H]4C3)c1. The predicted octanol–water partition coefficient (Wildman–Crippen LogP) is 2.03. The second kappa shape index (κ2) is 4.66. The van der Waals surface area contributed by atoms with Gasteiger partial charge in [-0.2, -0.15) is 0 Å². The van der Waals surface area contributed by atoms with Crippen molar-refractivity contribution in [2.24, 2.45) is 23.7 Å². The van der Waals surface area contributed by atoms with Gasteiger partial charge < -0.3 is 10.1 Å². The van der Waals surface area contributed by atoms with Gasteiger partial charge in [-0.25, -0.2) is 0 Å². The lowest BCUT2D eigenvalue weighted by Crippen LogP contribution is -2.35. The second-order valence-corrected chi connectivity index (χ2v) is 6.55. The average molecular weight is 299 g/mol. The fourth-order valence-corrected chi connectivity index (χ4v) is 4.40. The molecule has 1 aromatic carbocycles. The Balaban J connectivity index is 1.55. The number of ketones is 1. The summed E-state index contributed by atoms with van der Waals surface area (Å²) in [4.78, 5) is 36.0. The Morgan fingerprint density at radius 3 is 2.86 bits per heavy atom. The van der Waals surface area contributed by atoms with Crippen LogP contribution in [0.3, 0.4) is 0 Å². The number of amides is 1. The maximum atomic E-state index is 12.6. The molecule has 2 aliphatic carbocycles. The largest absolute Gasteiger partial charge is 0.462 e. The van der Waals surface area contributed by atoms with Gasteiger partial charge in [-0.1, -0.05) is 12.1 Å². The summed E-state index contributed by atoms with van der Waals surface area (Å²) >= 11 is 0. The van der Waals surface area contributed by atoms with Gasteiger partial charge in [-0.15, -0.1) is 0 Å². The van der Waals surface area contributed by atoms with Gasteiger partial charge in [0.05, 0.1) is 11.8 Å². The summed E-state index contributed by atoms with van der Waals surface area (Å²) < 4.78 is 5.36. The molecule has 2 saturated carbocycles. The van der Waals surface area contributed by atoms with Crippen molar-refractivity contribution in [2.45, 2.75) is 25.9 Å². The van der Waals surface area contributed by atoms with E-state index in [0.29, 0.717) is 11.3 Å². The van der Waals surface area contributed by atoms with Crippen molar-refractivity contribution in [3.05, 3.63) is 29.8 Å². The molecule has 0 spiro atoms. The lowest BCUT2D eigenvalue weighted by molar-refractivity contribution is -0.145. The van der Waals surface area contributed by atoms with Crippen LogP contribution in [0.25, 0.3) is 0 Å². The van der Waals surface area contributed by atoms with Gasteiger partial charge >= 0.3 is 5.97 Å². The standard InChI is InChI=1S/C17H17NO4/c1-8(19)9-3-2-4-11(5-9)18-16(20)14-10-6-12-13(7-10)22-17(21)15(12)14/h2-5,10,12-15H,6-7H2,1H3,(H,18,20)/t10-,12-,13-,14-,15+/m1/s1. The molecule has 0 radical (unpaired) electrons. The first-order valence-electron chi connectivity index (χ1n) is 7.67. The quantitative estimate of drug-likeness (QED) is 0.684. The van der Waals surface area contributed by atoms with Crippen molar-refractivity contribution in [1.29, 1.82) is 0 Å². The molecule has 0 aromatic heterocycles. The molecule has 1 saturated heterocycles. The molecule has 5 heteroatoms. The van der Waals surface area contributed by atoms with Crippen molar-refractivity contribution >= 4 is 23.3 Å². The van der Waals surface area contributed by atoms with Gasteiger partial charge in [0.25, 0.3) is 0 Å². The van der Waals surface area contributed by atoms with Crippen LogP contribution in [-0.4, -0.2) is 23.8 Å². The Hall–Kier alpha value is -2.17. The monoisotopic (exact) mass is 299 g/mol. The third kappa shape index (κ3) is 1.88. The highest BCUT2D eigenvalue weighted by Crippen LogP contribution is 2.57. The topological polar surface area (TPSA) is 72.5 Å². The van der Waals surface area contributed by atoms with Crippen LogP contribution in [0.4, 0.5) is 5.69 Å². The van der Waals surface area contributed by atoms with E-state index in [2.05, 4.69) is 5.32 Å². The number of benzene rings is 1. The number of esters is 1. The van der Waals surface area contributed by atoms with E-state index in [1.54, 1.807) is 24.3 Å². The fraction of sp³-hybridized carbons (Fsp3) is 0.471. The molecule has 1 heterocycles. The summed E-state index contributed by atoms with van der Waals surface area (Å²) in [6.45, 7) is 1.49. The highest BCUT2D eigenvalue weighted by Gasteiger charge is 2.63. The van der Waals surface area contributed by atoms with Crippen LogP contribution < -0.4 is 5.32 Å². The van der Waals surface area contributed by atoms with Gasteiger partial charge in [-0.05, 0) is 37.8 Å². The number of rotatable bonds is 3. The number of Topliss-reactive ketones (excluding diaryl/α,β-unsaturated/α-hetero) is 1. The van der Waals surface area contributed by atoms with Crippen molar-refractivity contribution in [2.75, 3.05) is 5.32 Å². The van der Waals surface area contributed by atoms with E-state index in [0.717, 1.165) is 12.8 Å². The van der Waals surface area contributed by atoms with E-state index in [-0.39, 0.29) is 47.4 Å². The summed E-state index contributed by atoms with van der Waals surface area (Å²) in [5.74, 6) is -0.502. The van der Waals surface area contributed by atoms with E-state index in [1.807, 2.05) is 0 Å². The first-order chi connectivity index (χ1) is 10.5. The number of anilines is 1. The Kier molecular flexibility index (Phi) is 2.86. The van der Waals surface area contributed by atoms with Gasteiger partial charge in [0.2, 0.25) is 5.91 Å². The van der Waals surface area contributed by atoms with Crippen LogP contribution in [0, 0.1) is 23.7 Å². The lowest BCUT2D eigenvalue weighted by Gasteiger charge is -2.23. The Morgan fingerprint density at radius 1 is 1.27 bits per heavy atom. The second-order valence-electron chi connectivity index (χ2n) is 6.55. The van der Waals surface area contributed by atoms with Crippen LogP contribution in [-0.2, 0) is 14.3 Å². The van der Waals surface area contributed by atoms with Crippen LogP contribution in [0.5, 0.6) is 0 Å². The molecule has 1 N–H and O–H groups in total. The van der Waals surface area contributed by atoms with E-state index in [1.165, 1.54) is 6.92 Å². The van der Waals surface area contributed by atoms with E-state index in [9.17, 15) is 14.4 Å². The molecular formula is C17H17NO4. The van der Waals surface area contributed by atoms with E-state index < -0.39 is 0 Å². The van der Waals surface area contributed by atoms with Crippen molar-refractivity contribution in [3.63, 3.8) is 0 Å². The minimum Gasteiger partial charge on any atom is -0.462 e. The molecule has 1 aliphatic heterocycles. The van der Waals surface area contributed by atoms with Gasteiger partial charge in [0, 0.05) is 17.2 Å². The van der Waals surface area contributed by atoms with Gasteiger partial charge in [0.1, 0.15) is 6.10 Å². The Morgan fingerprint density at radius 2 is 2.09 bits per heavy atom. The zero-order valence-corrected chi connectivity index (χ0v) is 12.2. The first kappa shape index (κ1) is 13.5. The third-order valence-corrected chi connectivity index (χ3v) is 5.32. The summed E-state index contributed by atoms with van der Waals surface area (Å²) in [5, 5.41) is 2.87. The van der Waals surface area contributed by atoms with Crippen LogP contribution in [0.15, 0.2) is 24.3 Å². The number of carbonyl (C=O) groups is 3. The molecule has 1 amide bonds. The predicted molar refractivity (Wildman–Crippen MR) is 78.2 cm³/mol. The molecule has 2 bridgehead atoms. The average Bonchev–Trinajstić information content (AvgIpc) is 3.08. The van der Waals surface area contributed by atoms with Crippen molar-refractivity contribution in [3.8, 4) is 0 Å². The third-order valence-electron chi connectivity index (χ3n) is 5.32. The fourth-order valence-electron chi connectivity index (χ4n) is 4.40. The molecule has 5 atom stereocenters. The van der Waals surface area contributed by atoms with Crippen molar-refractivity contribution in [1.82, 2.24) is 0 Å². The maximum absolute atomic E-state index is 12.6. The molecule has 3 fully saturated rings. The smallest absolute Gasteiger partial charge is 0.310 e. The first-order valence-corrected chi connectivity index (χ1v) is 7.67. The molecular weight excluding hydrogens is 282 g/mol. The minimum absolute atomic E-state index is 0.0348. The van der Waals surface area contributed by atoms with E-state index in [4.69, 9.17) is 4.74 Å². The van der Waals surface area contributed by atoms with Crippen LogP contribution in [0.2, 0.25) is 0 Å². The number of carbonyl (C=O) groups excluding carboxylic acids is 3. The van der Waals surface area contributed by atoms with Gasteiger partial charge in [0.15, 0.2) is 5.78 Å². The molecule has 4 rings (SSSR count). The normalized spacial score (nSPS) is 34.6. The Bertz CT molecular complexity index is 681. The zero-order chi connectivity index (χ0) is 15.4. The molecule has 114 valence electrons. The molecule has 5 nitrogen and oxygen atoms in total. The number of hydrogen-bond acceptors (Lipinski definition) is 4. The summed E-state index contributed by atoms with van der Waals surface area (Å²) in [7, 11) is 0. The molecule has 3 aliphatic rings. The van der Waals surface area contributed by atoms with Crippen molar-refractivity contribution < 1.29 is 19.1 Å². The minimum atomic E-state index is -0.294. The number of nitrogens with one attached hydrogen (secondary N) is 1. The molecule has 1 aromatic rings. The Labute approximate surface area is 128 Å². The zero-order valence-electron chi connectivity index (χ0n) is 12.2. The lowest BCUT2D eigenvalue weighted by atomic mass is 9.79. The molecule has 0 unspecified atom stereocenters. The molecule has 22 heavy (non-hydrogen) atoms. The highest BCUT2D eigenvalue weighted by atomic mass is 16.6. The maximum Gasteiger partial charge on any atom is 0.310 e. The summed E-state index contributed by atoms with van der Waals surface area (Å²) in [6, 6.07) is 6.89.